The number of hydrogen-bond acceptors (Lipinski definition) is 4. The van der Waals surface area contributed by atoms with Gasteiger partial charge in [0.05, 0.1) is 24.6 Å². The van der Waals surface area contributed by atoms with E-state index in [1.807, 2.05) is 12.3 Å². The molecule has 0 spiro atoms. The highest BCUT2D eigenvalue weighted by molar-refractivity contribution is 9.10. The summed E-state index contributed by atoms with van der Waals surface area (Å²) < 4.78 is 12.3. The summed E-state index contributed by atoms with van der Waals surface area (Å²) in [5.41, 5.74) is 3.45. The van der Waals surface area contributed by atoms with Gasteiger partial charge >= 0.3 is 0 Å². The van der Waals surface area contributed by atoms with Crippen molar-refractivity contribution in [1.82, 2.24) is 4.98 Å². The number of nitrogens with zero attached hydrogens (tertiary/aromatic N) is 1. The number of ether oxygens (including phenoxy) is 2. The van der Waals surface area contributed by atoms with Crippen LogP contribution in [0.2, 0.25) is 0 Å². The Bertz CT molecular complexity index is 630. The van der Waals surface area contributed by atoms with Gasteiger partial charge in [-0.15, -0.1) is 0 Å². The van der Waals surface area contributed by atoms with Gasteiger partial charge in [-0.05, 0) is 46.0 Å². The molecule has 1 aliphatic heterocycles. The van der Waals surface area contributed by atoms with Crippen molar-refractivity contribution in [3.05, 3.63) is 58.3 Å². The standard InChI is InChI=1S/C18H21BrN2O2/c19-16-9-17(12-20-11-16)21-10-14-2-1-3-15(8-14)13-23-18-4-6-22-7-5-18/h1-3,8-9,11-12,18,21H,4-7,10,13H2. The van der Waals surface area contributed by atoms with E-state index in [4.69, 9.17) is 9.47 Å². The molecule has 122 valence electrons. The van der Waals surface area contributed by atoms with E-state index < -0.39 is 0 Å². The fourth-order valence-electron chi connectivity index (χ4n) is 2.60. The van der Waals surface area contributed by atoms with Crippen molar-refractivity contribution in [3.63, 3.8) is 0 Å². The fraction of sp³-hybridized carbons (Fsp3) is 0.389. The lowest BCUT2D eigenvalue weighted by molar-refractivity contribution is -0.0390. The van der Waals surface area contributed by atoms with Gasteiger partial charge in [-0.2, -0.15) is 0 Å². The van der Waals surface area contributed by atoms with Crippen LogP contribution in [0.5, 0.6) is 0 Å². The molecule has 23 heavy (non-hydrogen) atoms. The van der Waals surface area contributed by atoms with Crippen LogP contribution < -0.4 is 5.32 Å². The molecule has 0 amide bonds. The lowest BCUT2D eigenvalue weighted by atomic mass is 10.1. The quantitative estimate of drug-likeness (QED) is 0.821. The van der Waals surface area contributed by atoms with Crippen molar-refractivity contribution in [1.29, 1.82) is 0 Å². The Morgan fingerprint density at radius 1 is 1.17 bits per heavy atom. The van der Waals surface area contributed by atoms with Crippen LogP contribution in [0, 0.1) is 0 Å². The van der Waals surface area contributed by atoms with Crippen molar-refractivity contribution in [3.8, 4) is 0 Å². The number of hydrogen-bond donors (Lipinski definition) is 1. The van der Waals surface area contributed by atoms with Crippen LogP contribution in [0.4, 0.5) is 5.69 Å². The lowest BCUT2D eigenvalue weighted by Gasteiger charge is -2.22. The van der Waals surface area contributed by atoms with Crippen LogP contribution in [0.15, 0.2) is 47.2 Å². The molecule has 1 N–H and O–H groups in total. The highest BCUT2D eigenvalue weighted by atomic mass is 79.9. The minimum atomic E-state index is 0.332. The third-order valence-electron chi connectivity index (χ3n) is 3.85. The maximum Gasteiger partial charge on any atom is 0.0720 e. The van der Waals surface area contributed by atoms with E-state index in [0.717, 1.165) is 42.8 Å². The van der Waals surface area contributed by atoms with Gasteiger partial charge in [-0.25, -0.2) is 0 Å². The first kappa shape index (κ1) is 16.4. The van der Waals surface area contributed by atoms with Gasteiger partial charge in [0.2, 0.25) is 0 Å². The molecule has 5 heteroatoms. The molecule has 1 fully saturated rings. The number of anilines is 1. The van der Waals surface area contributed by atoms with Crippen LogP contribution in [-0.4, -0.2) is 24.3 Å². The summed E-state index contributed by atoms with van der Waals surface area (Å²) in [6.45, 7) is 3.06. The monoisotopic (exact) mass is 376 g/mol. The number of halogens is 1. The number of rotatable bonds is 6. The summed E-state index contributed by atoms with van der Waals surface area (Å²) in [6.07, 6.45) is 5.93. The van der Waals surface area contributed by atoms with Gasteiger partial charge in [0.25, 0.3) is 0 Å². The Labute approximate surface area is 145 Å². The van der Waals surface area contributed by atoms with Gasteiger partial charge in [-0.1, -0.05) is 24.3 Å². The first-order chi connectivity index (χ1) is 11.3. The van der Waals surface area contributed by atoms with Crippen molar-refractivity contribution in [2.75, 3.05) is 18.5 Å². The molecule has 1 saturated heterocycles. The van der Waals surface area contributed by atoms with E-state index in [1.165, 1.54) is 11.1 Å². The average Bonchev–Trinajstić information content (AvgIpc) is 2.60. The first-order valence-corrected chi connectivity index (χ1v) is 8.70. The van der Waals surface area contributed by atoms with E-state index in [1.54, 1.807) is 6.20 Å². The average molecular weight is 377 g/mol. The smallest absolute Gasteiger partial charge is 0.0720 e. The van der Waals surface area contributed by atoms with E-state index in [2.05, 4.69) is 50.5 Å². The summed E-state index contributed by atoms with van der Waals surface area (Å²) in [6, 6.07) is 10.5. The zero-order valence-electron chi connectivity index (χ0n) is 13.0. The molecule has 2 heterocycles. The van der Waals surface area contributed by atoms with E-state index in [-0.39, 0.29) is 0 Å². The van der Waals surface area contributed by atoms with E-state index in [0.29, 0.717) is 12.7 Å². The summed E-state index contributed by atoms with van der Waals surface area (Å²) in [5.74, 6) is 0. The molecule has 0 unspecified atom stereocenters. The van der Waals surface area contributed by atoms with E-state index >= 15 is 0 Å². The molecule has 4 nitrogen and oxygen atoms in total. The molecule has 2 aromatic rings. The third-order valence-corrected chi connectivity index (χ3v) is 4.28. The molecule has 0 saturated carbocycles. The minimum absolute atomic E-state index is 0.332. The molecule has 3 rings (SSSR count). The third kappa shape index (κ3) is 5.30. The molecule has 0 aliphatic carbocycles. The number of nitrogens with one attached hydrogen (secondary N) is 1. The number of aromatic nitrogens is 1. The highest BCUT2D eigenvalue weighted by Crippen LogP contribution is 2.16. The van der Waals surface area contributed by atoms with Crippen LogP contribution in [0.1, 0.15) is 24.0 Å². The zero-order valence-corrected chi connectivity index (χ0v) is 14.6. The molecule has 0 bridgehead atoms. The van der Waals surface area contributed by atoms with Crippen molar-refractivity contribution in [2.45, 2.75) is 32.1 Å². The van der Waals surface area contributed by atoms with E-state index in [9.17, 15) is 0 Å². The van der Waals surface area contributed by atoms with Crippen LogP contribution in [-0.2, 0) is 22.6 Å². The van der Waals surface area contributed by atoms with Gasteiger partial charge < -0.3 is 14.8 Å². The Kier molecular flexibility index (Phi) is 6.02. The predicted octanol–water partition coefficient (Wildman–Crippen LogP) is 4.15. The first-order valence-electron chi connectivity index (χ1n) is 7.91. The normalized spacial score (nSPS) is 15.5. The highest BCUT2D eigenvalue weighted by Gasteiger charge is 2.13. The van der Waals surface area contributed by atoms with Gasteiger partial charge in [0.15, 0.2) is 0 Å². The molecular formula is C18H21BrN2O2. The fourth-order valence-corrected chi connectivity index (χ4v) is 2.96. The minimum Gasteiger partial charge on any atom is -0.381 e. The van der Waals surface area contributed by atoms with Gasteiger partial charge in [-0.3, -0.25) is 4.98 Å². The van der Waals surface area contributed by atoms with Crippen LogP contribution in [0.25, 0.3) is 0 Å². The number of pyridine rings is 1. The topological polar surface area (TPSA) is 43.4 Å². The van der Waals surface area contributed by atoms with Gasteiger partial charge in [0, 0.05) is 30.4 Å². The summed E-state index contributed by atoms with van der Waals surface area (Å²) in [5, 5.41) is 3.38. The second-order valence-corrected chi connectivity index (χ2v) is 6.60. The molecular weight excluding hydrogens is 356 g/mol. The summed E-state index contributed by atoms with van der Waals surface area (Å²) in [4.78, 5) is 4.16. The maximum absolute atomic E-state index is 5.99. The second kappa shape index (κ2) is 8.43. The lowest BCUT2D eigenvalue weighted by Crippen LogP contribution is -2.23. The summed E-state index contributed by atoms with van der Waals surface area (Å²) >= 11 is 3.43. The van der Waals surface area contributed by atoms with Gasteiger partial charge in [0.1, 0.15) is 0 Å². The van der Waals surface area contributed by atoms with Crippen LogP contribution in [0.3, 0.4) is 0 Å². The Balaban J connectivity index is 1.52. The predicted molar refractivity (Wildman–Crippen MR) is 94.3 cm³/mol. The molecule has 1 aliphatic rings. The largest absolute Gasteiger partial charge is 0.381 e. The zero-order chi connectivity index (χ0) is 15.9. The molecule has 1 aromatic heterocycles. The van der Waals surface area contributed by atoms with Crippen molar-refractivity contribution >= 4 is 21.6 Å². The molecule has 0 radical (unpaired) electrons. The second-order valence-electron chi connectivity index (χ2n) is 5.69. The summed E-state index contributed by atoms with van der Waals surface area (Å²) in [7, 11) is 0. The Morgan fingerprint density at radius 3 is 2.83 bits per heavy atom. The van der Waals surface area contributed by atoms with Crippen molar-refractivity contribution < 1.29 is 9.47 Å². The molecule has 1 aromatic carbocycles. The molecule has 0 atom stereocenters. The van der Waals surface area contributed by atoms with Crippen LogP contribution >= 0.6 is 15.9 Å². The maximum atomic E-state index is 5.99. The Hall–Kier alpha value is -1.43. The van der Waals surface area contributed by atoms with Crippen molar-refractivity contribution in [2.24, 2.45) is 0 Å². The SMILES string of the molecule is Brc1cncc(NCc2cccc(COC3CCOCC3)c2)c1. The number of benzene rings is 1. The Morgan fingerprint density at radius 2 is 2.00 bits per heavy atom.